The number of benzene rings is 2. The molecular formula is C24H25BrClNO3. The van der Waals surface area contributed by atoms with Crippen molar-refractivity contribution in [3.8, 4) is 0 Å². The maximum Gasteiger partial charge on any atom is 0.336 e. The zero-order valence-corrected chi connectivity index (χ0v) is 19.9. The molecule has 1 amide bonds. The molecule has 0 aromatic heterocycles. The Hall–Kier alpha value is -2.11. The van der Waals surface area contributed by atoms with E-state index >= 15 is 0 Å². The average molecular weight is 491 g/mol. The van der Waals surface area contributed by atoms with Gasteiger partial charge in [-0.25, -0.2) is 4.79 Å². The molecule has 4 nitrogen and oxygen atoms in total. The molecule has 0 bridgehead atoms. The summed E-state index contributed by atoms with van der Waals surface area (Å²) in [5.74, 6) is -0.835. The Balaban J connectivity index is 2.04. The van der Waals surface area contributed by atoms with Gasteiger partial charge in [0.25, 0.3) is 0 Å². The number of nitrogens with zero attached hydrogens (tertiary/aromatic N) is 1. The molecule has 3 rings (SSSR count). The summed E-state index contributed by atoms with van der Waals surface area (Å²) in [5, 5.41) is 0.568. The van der Waals surface area contributed by atoms with Gasteiger partial charge in [0.05, 0.1) is 12.1 Å². The number of carbonyl (C=O) groups excluding carboxylic acids is 2. The summed E-state index contributed by atoms with van der Waals surface area (Å²) < 4.78 is 6.68. The van der Waals surface area contributed by atoms with Crippen molar-refractivity contribution in [3.05, 3.63) is 80.4 Å². The first-order valence-electron chi connectivity index (χ1n) is 9.79. The van der Waals surface area contributed by atoms with Crippen molar-refractivity contribution in [1.82, 2.24) is 4.90 Å². The number of hydrogen-bond acceptors (Lipinski definition) is 3. The zero-order chi connectivity index (χ0) is 22.1. The molecular weight excluding hydrogens is 466 g/mol. The van der Waals surface area contributed by atoms with Gasteiger partial charge in [-0.05, 0) is 63.1 Å². The molecule has 30 heavy (non-hydrogen) atoms. The van der Waals surface area contributed by atoms with Crippen molar-refractivity contribution >= 4 is 39.4 Å². The summed E-state index contributed by atoms with van der Waals surface area (Å²) >= 11 is 9.62. The third-order valence-corrected chi connectivity index (χ3v) is 5.71. The molecule has 0 N–H and O–H groups in total. The number of ether oxygens (including phenoxy) is 1. The molecule has 0 saturated carbocycles. The minimum Gasteiger partial charge on any atom is -0.457 e. The molecule has 0 spiro atoms. The molecule has 0 saturated heterocycles. The molecule has 1 unspecified atom stereocenters. The van der Waals surface area contributed by atoms with E-state index in [2.05, 4.69) is 15.9 Å². The van der Waals surface area contributed by atoms with Crippen LogP contribution in [0, 0.1) is 0 Å². The van der Waals surface area contributed by atoms with Crippen LogP contribution in [-0.2, 0) is 20.9 Å². The van der Waals surface area contributed by atoms with Crippen LogP contribution in [0.2, 0.25) is 5.02 Å². The first kappa shape index (κ1) is 22.6. The van der Waals surface area contributed by atoms with Gasteiger partial charge in [-0.15, -0.1) is 0 Å². The fourth-order valence-corrected chi connectivity index (χ4v) is 4.04. The summed E-state index contributed by atoms with van der Waals surface area (Å²) in [7, 11) is 0. The second-order valence-corrected chi connectivity index (χ2v) is 9.77. The van der Waals surface area contributed by atoms with Crippen molar-refractivity contribution in [2.24, 2.45) is 0 Å². The smallest absolute Gasteiger partial charge is 0.336 e. The monoisotopic (exact) mass is 489 g/mol. The van der Waals surface area contributed by atoms with Crippen LogP contribution in [0.3, 0.4) is 0 Å². The highest BCUT2D eigenvalue weighted by molar-refractivity contribution is 9.10. The topological polar surface area (TPSA) is 46.6 Å². The van der Waals surface area contributed by atoms with E-state index < -0.39 is 17.5 Å². The summed E-state index contributed by atoms with van der Waals surface area (Å²) in [6.07, 6.45) is 0.183. The van der Waals surface area contributed by atoms with E-state index in [4.69, 9.17) is 16.3 Å². The maximum absolute atomic E-state index is 13.2. The highest BCUT2D eigenvalue weighted by Gasteiger charge is 2.38. The number of rotatable bonds is 4. The van der Waals surface area contributed by atoms with Crippen molar-refractivity contribution in [2.45, 2.75) is 52.2 Å². The van der Waals surface area contributed by atoms with Crippen LogP contribution in [0.25, 0.3) is 0 Å². The lowest BCUT2D eigenvalue weighted by Gasteiger charge is -2.35. The second kappa shape index (κ2) is 8.94. The Labute approximate surface area is 191 Å². The summed E-state index contributed by atoms with van der Waals surface area (Å²) in [6, 6.07) is 15.1. The molecule has 158 valence electrons. The summed E-state index contributed by atoms with van der Waals surface area (Å²) in [6.45, 7) is 7.72. The number of carbonyl (C=O) groups is 2. The highest BCUT2D eigenvalue weighted by Crippen LogP contribution is 2.39. The van der Waals surface area contributed by atoms with Gasteiger partial charge in [0.15, 0.2) is 0 Å². The van der Waals surface area contributed by atoms with Crippen molar-refractivity contribution in [2.75, 3.05) is 0 Å². The van der Waals surface area contributed by atoms with Crippen molar-refractivity contribution < 1.29 is 14.3 Å². The maximum atomic E-state index is 13.2. The van der Waals surface area contributed by atoms with Crippen LogP contribution in [0.4, 0.5) is 0 Å². The van der Waals surface area contributed by atoms with Crippen LogP contribution in [-0.4, -0.2) is 22.4 Å². The Bertz CT molecular complexity index is 992. The SMILES string of the molecule is CC1=C(C(=O)OC(C)(C)C)C(c2cccc(Cl)c2)CC(=O)N1Cc1ccc(Br)cc1. The lowest BCUT2D eigenvalue weighted by Crippen LogP contribution is -2.39. The Morgan fingerprint density at radius 3 is 2.47 bits per heavy atom. The average Bonchev–Trinajstić information content (AvgIpc) is 2.64. The van der Waals surface area contributed by atoms with Crippen molar-refractivity contribution in [3.63, 3.8) is 0 Å². The molecule has 2 aromatic rings. The fourth-order valence-electron chi connectivity index (χ4n) is 3.58. The number of halogens is 2. The zero-order valence-electron chi connectivity index (χ0n) is 17.5. The Morgan fingerprint density at radius 1 is 1.20 bits per heavy atom. The predicted octanol–water partition coefficient (Wildman–Crippen LogP) is 6.23. The largest absolute Gasteiger partial charge is 0.457 e. The van der Waals surface area contributed by atoms with Crippen LogP contribution in [0.1, 0.15) is 51.2 Å². The molecule has 1 aliphatic heterocycles. The van der Waals surface area contributed by atoms with E-state index in [1.54, 1.807) is 11.0 Å². The van der Waals surface area contributed by atoms with E-state index in [1.807, 2.05) is 70.2 Å². The van der Waals surface area contributed by atoms with Crippen LogP contribution < -0.4 is 0 Å². The molecule has 2 aromatic carbocycles. The summed E-state index contributed by atoms with van der Waals surface area (Å²) in [4.78, 5) is 28.0. The van der Waals surface area contributed by atoms with Gasteiger partial charge in [0.1, 0.15) is 5.60 Å². The number of amides is 1. The quantitative estimate of drug-likeness (QED) is 0.477. The minimum absolute atomic E-state index is 0.0345. The first-order valence-corrected chi connectivity index (χ1v) is 11.0. The van der Waals surface area contributed by atoms with E-state index in [-0.39, 0.29) is 12.3 Å². The van der Waals surface area contributed by atoms with Gasteiger partial charge in [0, 0.05) is 27.5 Å². The fraction of sp³-hybridized carbons (Fsp3) is 0.333. The Kier molecular flexibility index (Phi) is 6.73. The van der Waals surface area contributed by atoms with Gasteiger partial charge >= 0.3 is 5.97 Å². The normalized spacial score (nSPS) is 17.3. The van der Waals surface area contributed by atoms with E-state index in [0.29, 0.717) is 22.8 Å². The van der Waals surface area contributed by atoms with Gasteiger partial charge in [-0.3, -0.25) is 4.79 Å². The van der Waals surface area contributed by atoms with Gasteiger partial charge in [-0.1, -0.05) is 51.8 Å². The molecule has 1 atom stereocenters. The van der Waals surface area contributed by atoms with E-state index in [9.17, 15) is 9.59 Å². The number of esters is 1. The number of allylic oxidation sites excluding steroid dienone is 1. The van der Waals surface area contributed by atoms with Gasteiger partial charge in [0.2, 0.25) is 5.91 Å². The van der Waals surface area contributed by atoms with Crippen LogP contribution in [0.5, 0.6) is 0 Å². The minimum atomic E-state index is -0.638. The lowest BCUT2D eigenvalue weighted by atomic mass is 9.83. The van der Waals surface area contributed by atoms with Crippen LogP contribution >= 0.6 is 27.5 Å². The predicted molar refractivity (Wildman–Crippen MR) is 122 cm³/mol. The van der Waals surface area contributed by atoms with Gasteiger partial charge < -0.3 is 9.64 Å². The van der Waals surface area contributed by atoms with Gasteiger partial charge in [-0.2, -0.15) is 0 Å². The first-order chi connectivity index (χ1) is 14.0. The highest BCUT2D eigenvalue weighted by atomic mass is 79.9. The van der Waals surface area contributed by atoms with E-state index in [0.717, 1.165) is 15.6 Å². The molecule has 0 radical (unpaired) electrons. The second-order valence-electron chi connectivity index (χ2n) is 8.42. The molecule has 6 heteroatoms. The lowest BCUT2D eigenvalue weighted by molar-refractivity contribution is -0.150. The molecule has 1 heterocycles. The molecule has 0 aliphatic carbocycles. The van der Waals surface area contributed by atoms with Crippen LogP contribution in [0.15, 0.2) is 64.3 Å². The molecule has 0 fully saturated rings. The number of hydrogen-bond donors (Lipinski definition) is 0. The van der Waals surface area contributed by atoms with Crippen molar-refractivity contribution in [1.29, 1.82) is 0 Å². The molecule has 1 aliphatic rings. The standard InChI is InChI=1S/C24H25BrClNO3/c1-15-22(23(29)30-24(2,3)4)20(17-6-5-7-19(26)12-17)13-21(28)27(15)14-16-8-10-18(25)11-9-16/h5-12,20H,13-14H2,1-4H3. The van der Waals surface area contributed by atoms with E-state index in [1.165, 1.54) is 0 Å². The third-order valence-electron chi connectivity index (χ3n) is 4.95. The Morgan fingerprint density at radius 2 is 1.87 bits per heavy atom. The third kappa shape index (κ3) is 5.32. The summed E-state index contributed by atoms with van der Waals surface area (Å²) in [5.41, 5.74) is 2.30.